The first-order valence-corrected chi connectivity index (χ1v) is 8.53. The highest BCUT2D eigenvalue weighted by molar-refractivity contribution is 7.99. The Bertz CT molecular complexity index is 867. The molecule has 0 unspecified atom stereocenters. The smallest absolute Gasteiger partial charge is 0.248 e. The summed E-state index contributed by atoms with van der Waals surface area (Å²) >= 11 is 1.49. The van der Waals surface area contributed by atoms with Crippen LogP contribution in [0.5, 0.6) is 0 Å². The molecule has 6 heteroatoms. The number of carbonyl (C=O) groups is 1. The lowest BCUT2D eigenvalue weighted by Crippen LogP contribution is -2.07. The molecule has 0 saturated carbocycles. The number of rotatable bonds is 5. The molecule has 2 heterocycles. The number of benzene rings is 1. The molecule has 0 atom stereocenters. The molecule has 126 valence electrons. The Labute approximate surface area is 150 Å². The summed E-state index contributed by atoms with van der Waals surface area (Å²) in [6.07, 6.45) is 4.62. The van der Waals surface area contributed by atoms with Gasteiger partial charge in [-0.2, -0.15) is 0 Å². The highest BCUT2D eigenvalue weighted by atomic mass is 32.2. The summed E-state index contributed by atoms with van der Waals surface area (Å²) in [5.41, 5.74) is 2.62. The maximum Gasteiger partial charge on any atom is 0.248 e. The summed E-state index contributed by atoms with van der Waals surface area (Å²) in [4.78, 5) is 21.7. The zero-order valence-corrected chi connectivity index (χ0v) is 14.7. The van der Waals surface area contributed by atoms with Gasteiger partial charge < -0.3 is 9.73 Å². The maximum absolute atomic E-state index is 11.9. The van der Waals surface area contributed by atoms with Crippen LogP contribution in [-0.2, 0) is 4.79 Å². The van der Waals surface area contributed by atoms with Crippen LogP contribution < -0.4 is 5.32 Å². The Hall–Kier alpha value is -2.86. The molecule has 2 aromatic heterocycles. The van der Waals surface area contributed by atoms with Crippen molar-refractivity contribution in [3.8, 4) is 0 Å². The number of hydrogen-bond donors (Lipinski definition) is 1. The van der Waals surface area contributed by atoms with E-state index in [1.54, 1.807) is 24.5 Å². The van der Waals surface area contributed by atoms with E-state index in [2.05, 4.69) is 15.3 Å². The molecule has 0 radical (unpaired) electrons. The predicted molar refractivity (Wildman–Crippen MR) is 98.4 cm³/mol. The SMILES string of the molecule is Cc1cc(C)nc(Sc2ccc(NC(=O)/C=C/c3ccco3)cc2)n1. The van der Waals surface area contributed by atoms with Crippen LogP contribution in [0.1, 0.15) is 17.1 Å². The molecule has 0 saturated heterocycles. The molecule has 0 aliphatic rings. The topological polar surface area (TPSA) is 68.0 Å². The summed E-state index contributed by atoms with van der Waals surface area (Å²) in [6, 6.07) is 13.1. The van der Waals surface area contributed by atoms with E-state index >= 15 is 0 Å². The standard InChI is InChI=1S/C19H17N3O2S/c1-13-12-14(2)21-19(20-13)25-17-8-5-15(6-9-17)22-18(23)10-7-16-4-3-11-24-16/h3-12H,1-2H3,(H,22,23)/b10-7+. The van der Waals surface area contributed by atoms with Crippen molar-refractivity contribution in [2.75, 3.05) is 5.32 Å². The second-order valence-electron chi connectivity index (χ2n) is 5.40. The van der Waals surface area contributed by atoms with Crippen molar-refractivity contribution in [3.63, 3.8) is 0 Å². The normalized spacial score (nSPS) is 11.0. The van der Waals surface area contributed by atoms with Crippen molar-refractivity contribution in [2.24, 2.45) is 0 Å². The van der Waals surface area contributed by atoms with Gasteiger partial charge in [-0.3, -0.25) is 4.79 Å². The highest BCUT2D eigenvalue weighted by Gasteiger charge is 2.04. The van der Waals surface area contributed by atoms with Gasteiger partial charge in [0.15, 0.2) is 5.16 Å². The van der Waals surface area contributed by atoms with Gasteiger partial charge in [-0.05, 0) is 74.1 Å². The first kappa shape index (κ1) is 17.0. The molecule has 5 nitrogen and oxygen atoms in total. The highest BCUT2D eigenvalue weighted by Crippen LogP contribution is 2.26. The van der Waals surface area contributed by atoms with Crippen LogP contribution in [0.25, 0.3) is 6.08 Å². The third-order valence-electron chi connectivity index (χ3n) is 3.23. The zero-order valence-electron chi connectivity index (χ0n) is 13.9. The minimum Gasteiger partial charge on any atom is -0.465 e. The van der Waals surface area contributed by atoms with E-state index in [1.807, 2.05) is 44.2 Å². The molecule has 0 aliphatic heterocycles. The minimum absolute atomic E-state index is 0.213. The Morgan fingerprint density at radius 2 is 1.84 bits per heavy atom. The lowest BCUT2D eigenvalue weighted by Gasteiger charge is -2.05. The van der Waals surface area contributed by atoms with E-state index in [4.69, 9.17) is 4.42 Å². The van der Waals surface area contributed by atoms with Gasteiger partial charge >= 0.3 is 0 Å². The van der Waals surface area contributed by atoms with E-state index in [9.17, 15) is 4.79 Å². The van der Waals surface area contributed by atoms with E-state index in [-0.39, 0.29) is 5.91 Å². The number of aromatic nitrogens is 2. The van der Waals surface area contributed by atoms with Gasteiger partial charge in [0.2, 0.25) is 5.91 Å². The molecule has 1 aromatic carbocycles. The molecule has 0 fully saturated rings. The molecule has 0 bridgehead atoms. The molecule has 1 amide bonds. The van der Waals surface area contributed by atoms with Crippen molar-refractivity contribution in [3.05, 3.63) is 72.0 Å². The average Bonchev–Trinajstić information content (AvgIpc) is 3.07. The summed E-state index contributed by atoms with van der Waals surface area (Å²) < 4.78 is 5.14. The number of furan rings is 1. The fourth-order valence-corrected chi connectivity index (χ4v) is 3.04. The van der Waals surface area contributed by atoms with Crippen molar-refractivity contribution < 1.29 is 9.21 Å². The third-order valence-corrected chi connectivity index (χ3v) is 4.11. The predicted octanol–water partition coefficient (Wildman–Crippen LogP) is 4.49. The minimum atomic E-state index is -0.213. The molecule has 0 aliphatic carbocycles. The van der Waals surface area contributed by atoms with Crippen LogP contribution in [0.4, 0.5) is 5.69 Å². The Balaban J connectivity index is 1.61. The average molecular weight is 351 g/mol. The molecule has 1 N–H and O–H groups in total. The Morgan fingerprint density at radius 3 is 2.48 bits per heavy atom. The van der Waals surface area contributed by atoms with Gasteiger partial charge in [-0.15, -0.1) is 0 Å². The van der Waals surface area contributed by atoms with Gasteiger partial charge in [-0.25, -0.2) is 9.97 Å². The van der Waals surface area contributed by atoms with E-state index < -0.39 is 0 Å². The van der Waals surface area contributed by atoms with Gasteiger partial charge in [-0.1, -0.05) is 0 Å². The van der Waals surface area contributed by atoms with Crippen LogP contribution in [0.3, 0.4) is 0 Å². The fourth-order valence-electron chi connectivity index (χ4n) is 2.18. The van der Waals surface area contributed by atoms with Crippen LogP contribution in [-0.4, -0.2) is 15.9 Å². The molecule has 25 heavy (non-hydrogen) atoms. The van der Waals surface area contributed by atoms with Crippen molar-refractivity contribution >= 4 is 29.4 Å². The first-order valence-electron chi connectivity index (χ1n) is 7.71. The first-order chi connectivity index (χ1) is 12.1. The summed E-state index contributed by atoms with van der Waals surface area (Å²) in [5, 5.41) is 3.52. The van der Waals surface area contributed by atoms with Crippen LogP contribution in [0.15, 0.2) is 69.3 Å². The second kappa shape index (κ2) is 7.81. The third kappa shape index (κ3) is 5.06. The number of aryl methyl sites for hydroxylation is 2. The molecular formula is C19H17N3O2S. The molecular weight excluding hydrogens is 334 g/mol. The van der Waals surface area contributed by atoms with Crippen molar-refractivity contribution in [2.45, 2.75) is 23.9 Å². The molecule has 0 spiro atoms. The quantitative estimate of drug-likeness (QED) is 0.542. The van der Waals surface area contributed by atoms with Gasteiger partial charge in [0.05, 0.1) is 6.26 Å². The van der Waals surface area contributed by atoms with Gasteiger partial charge in [0.1, 0.15) is 5.76 Å². The molecule has 3 rings (SSSR count). The second-order valence-corrected chi connectivity index (χ2v) is 6.44. The number of nitrogens with zero attached hydrogens (tertiary/aromatic N) is 2. The van der Waals surface area contributed by atoms with E-state index in [0.717, 1.165) is 27.1 Å². The van der Waals surface area contributed by atoms with Crippen LogP contribution in [0.2, 0.25) is 0 Å². The number of hydrogen-bond acceptors (Lipinski definition) is 5. The number of carbonyl (C=O) groups excluding carboxylic acids is 1. The monoisotopic (exact) mass is 351 g/mol. The molecule has 3 aromatic rings. The largest absolute Gasteiger partial charge is 0.465 e. The summed E-state index contributed by atoms with van der Waals surface area (Å²) in [6.45, 7) is 3.90. The Morgan fingerprint density at radius 1 is 1.12 bits per heavy atom. The number of anilines is 1. The summed E-state index contributed by atoms with van der Waals surface area (Å²) in [7, 11) is 0. The number of nitrogens with one attached hydrogen (secondary N) is 1. The number of amides is 1. The Kier molecular flexibility index (Phi) is 5.30. The maximum atomic E-state index is 11.9. The van der Waals surface area contributed by atoms with Gasteiger partial charge in [0, 0.05) is 28.0 Å². The van der Waals surface area contributed by atoms with Gasteiger partial charge in [0.25, 0.3) is 0 Å². The van der Waals surface area contributed by atoms with E-state index in [0.29, 0.717) is 5.76 Å². The van der Waals surface area contributed by atoms with E-state index in [1.165, 1.54) is 17.8 Å². The lowest BCUT2D eigenvalue weighted by atomic mass is 10.3. The summed E-state index contributed by atoms with van der Waals surface area (Å²) in [5.74, 6) is 0.421. The zero-order chi connectivity index (χ0) is 17.6. The van der Waals surface area contributed by atoms with Crippen molar-refractivity contribution in [1.82, 2.24) is 9.97 Å². The fraction of sp³-hybridized carbons (Fsp3) is 0.105. The van der Waals surface area contributed by atoms with Crippen LogP contribution in [0, 0.1) is 13.8 Å². The lowest BCUT2D eigenvalue weighted by molar-refractivity contribution is -0.111. The van der Waals surface area contributed by atoms with Crippen molar-refractivity contribution in [1.29, 1.82) is 0 Å². The van der Waals surface area contributed by atoms with Crippen LogP contribution >= 0.6 is 11.8 Å².